The van der Waals surface area contributed by atoms with Crippen molar-refractivity contribution in [3.8, 4) is 30.0 Å². The minimum absolute atomic E-state index is 0.00118. The molecule has 2 unspecified atom stereocenters. The van der Waals surface area contributed by atoms with Gasteiger partial charge in [-0.05, 0) is 30.0 Å². The van der Waals surface area contributed by atoms with Crippen LogP contribution in [0.25, 0.3) is 11.2 Å². The number of ether oxygens (including phenoxy) is 1. The summed E-state index contributed by atoms with van der Waals surface area (Å²) in [5.74, 6) is 6.86. The maximum Gasteiger partial charge on any atom is 0.331 e. The van der Waals surface area contributed by atoms with Crippen LogP contribution in [0, 0.1) is 40.4 Å². The van der Waals surface area contributed by atoms with Crippen molar-refractivity contribution in [3.63, 3.8) is 0 Å². The van der Waals surface area contributed by atoms with Gasteiger partial charge < -0.3 is 45.6 Å². The first kappa shape index (κ1) is 53.2. The Bertz CT molecular complexity index is 2860. The van der Waals surface area contributed by atoms with Gasteiger partial charge in [0.1, 0.15) is 17.7 Å². The fourth-order valence-electron chi connectivity index (χ4n) is 9.41. The minimum Gasteiger partial charge on any atom is -0.467 e. The average Bonchev–Trinajstić information content (AvgIpc) is 4.09. The van der Waals surface area contributed by atoms with Crippen molar-refractivity contribution in [2.75, 3.05) is 85.0 Å². The molecule has 2 aromatic heterocycles. The number of likely N-dealkylation sites (N-methyl/N-ethyl adjacent to an activating group) is 2. The van der Waals surface area contributed by atoms with Gasteiger partial charge in [0, 0.05) is 79.4 Å². The lowest BCUT2D eigenvalue weighted by atomic mass is 9.99. The topological polar surface area (TPSA) is 243 Å². The number of hydrogen-bond donors (Lipinski definition) is 3. The number of nitrogens with one attached hydrogen (secondary N) is 2. The minimum atomic E-state index is -1.10. The predicted octanol–water partition coefficient (Wildman–Crippen LogP) is 1.76. The number of aromatic nitrogens is 4. The number of piperazine rings is 2. The van der Waals surface area contributed by atoms with Crippen LogP contribution in [0.5, 0.6) is 6.01 Å². The number of nitrogens with zero attached hydrogens (tertiary/aromatic N) is 13. The molecule has 0 saturated carbocycles. The van der Waals surface area contributed by atoms with E-state index in [9.17, 15) is 28.8 Å². The molecule has 0 spiro atoms. The number of benzene rings is 2. The monoisotopic (exact) mass is 1000 g/mol. The van der Waals surface area contributed by atoms with Crippen LogP contribution >= 0.6 is 0 Å². The molecule has 0 radical (unpaired) electrons. The first-order valence-electron chi connectivity index (χ1n) is 24.6. The molecular formula is C51H65FN16O5. The van der Waals surface area contributed by atoms with Gasteiger partial charge >= 0.3 is 17.7 Å². The molecule has 386 valence electrons. The molecule has 4 saturated heterocycles. The van der Waals surface area contributed by atoms with E-state index in [2.05, 4.69) is 65.3 Å². The van der Waals surface area contributed by atoms with Crippen LogP contribution in [0.4, 0.5) is 15.0 Å². The first-order chi connectivity index (χ1) is 35.3. The summed E-state index contributed by atoms with van der Waals surface area (Å²) in [6, 6.07) is 19.6. The molecule has 4 N–H and O–H groups in total. The van der Waals surface area contributed by atoms with Gasteiger partial charge in [-0.2, -0.15) is 20.5 Å². The Labute approximate surface area is 425 Å². The van der Waals surface area contributed by atoms with E-state index in [1.165, 1.54) is 16.9 Å². The second-order valence-electron chi connectivity index (χ2n) is 18.4. The summed E-state index contributed by atoms with van der Waals surface area (Å²) in [4.78, 5) is 75.1. The highest BCUT2D eigenvalue weighted by atomic mass is 19.1. The van der Waals surface area contributed by atoms with Crippen LogP contribution in [0.2, 0.25) is 0 Å². The zero-order chi connectivity index (χ0) is 52.3. The number of likely N-dealkylation sites (tertiary alicyclic amines) is 1. The second-order valence-corrected chi connectivity index (χ2v) is 18.4. The highest BCUT2D eigenvalue weighted by molar-refractivity contribution is 6.03. The number of imidazole rings is 1. The van der Waals surface area contributed by atoms with Gasteiger partial charge in [-0.25, -0.2) is 19.0 Å². The van der Waals surface area contributed by atoms with E-state index in [4.69, 9.17) is 20.7 Å². The van der Waals surface area contributed by atoms with E-state index in [0.717, 1.165) is 75.9 Å². The number of nitriles is 2. The van der Waals surface area contributed by atoms with E-state index < -0.39 is 30.5 Å². The zero-order valence-electron chi connectivity index (χ0n) is 42.4. The third kappa shape index (κ3) is 11.5. The van der Waals surface area contributed by atoms with Crippen molar-refractivity contribution in [1.82, 2.24) is 54.2 Å². The number of fused-ring (bicyclic) bond motifs is 2. The summed E-state index contributed by atoms with van der Waals surface area (Å²) in [6.45, 7) is 13.2. The van der Waals surface area contributed by atoms with Crippen molar-refractivity contribution in [2.45, 2.75) is 83.7 Å². The maximum atomic E-state index is 13.5. The van der Waals surface area contributed by atoms with Crippen molar-refractivity contribution in [3.05, 3.63) is 81.8 Å². The Morgan fingerprint density at radius 3 is 2.22 bits per heavy atom. The van der Waals surface area contributed by atoms with Gasteiger partial charge in [0.25, 0.3) is 5.91 Å². The molecule has 4 fully saturated rings. The molecule has 22 heteroatoms. The number of aliphatic imine (C=N–C) groups is 1. The summed E-state index contributed by atoms with van der Waals surface area (Å²) in [5, 5.41) is 25.0. The molecular weight excluding hydrogens is 936 g/mol. The number of amides is 4. The quantitative estimate of drug-likeness (QED) is 0.192. The van der Waals surface area contributed by atoms with Gasteiger partial charge in [-0.15, -0.1) is 5.92 Å². The Hall–Kier alpha value is -7.58. The number of guanidine groups is 1. The number of alkyl halides is 1. The molecule has 5 aliphatic rings. The highest BCUT2D eigenvalue weighted by Gasteiger charge is 2.52. The SMILES string of the molecule is CC#CCn1c(=O)n(Cc2ccccc2C#N)c2nc(OC)nc(N3CCNCC3)c21.CC[C@H](C)[C@H](N)C(=O)N1C[C@@H](F)C[C@H]1C#N.CN1C(=O)C2C(N=C(N3CCNCC3)N2Cc2ccccc2)N(C)C1=O. The Kier molecular flexibility index (Phi) is 17.7. The smallest absolute Gasteiger partial charge is 0.331 e. The van der Waals surface area contributed by atoms with Gasteiger partial charge in [0.15, 0.2) is 29.6 Å². The van der Waals surface area contributed by atoms with Crippen LogP contribution in [-0.4, -0.2) is 178 Å². The van der Waals surface area contributed by atoms with E-state index in [-0.39, 0.29) is 61.5 Å². The third-order valence-corrected chi connectivity index (χ3v) is 13.8. The fraction of sp³-hybridized carbons (Fsp3) is 0.510. The molecule has 4 aromatic rings. The number of nitrogens with two attached hydrogens (primary N) is 1. The van der Waals surface area contributed by atoms with E-state index in [1.807, 2.05) is 50.2 Å². The van der Waals surface area contributed by atoms with Crippen LogP contribution in [0.3, 0.4) is 0 Å². The summed E-state index contributed by atoms with van der Waals surface area (Å²) in [7, 11) is 4.77. The van der Waals surface area contributed by atoms with Gasteiger partial charge in [0.05, 0.1) is 50.5 Å². The Morgan fingerprint density at radius 1 is 0.932 bits per heavy atom. The number of urea groups is 1. The molecule has 0 aliphatic carbocycles. The molecule has 4 amide bonds. The van der Waals surface area contributed by atoms with Crippen LogP contribution in [0.1, 0.15) is 50.3 Å². The van der Waals surface area contributed by atoms with E-state index in [0.29, 0.717) is 29.1 Å². The number of carbonyl (C=O) groups is 3. The normalized spacial score (nSPS) is 21.4. The van der Waals surface area contributed by atoms with Crippen molar-refractivity contribution >= 4 is 40.8 Å². The number of carbonyl (C=O) groups excluding carboxylic acids is 3. The van der Waals surface area contributed by atoms with Crippen LogP contribution in [0.15, 0.2) is 64.4 Å². The van der Waals surface area contributed by atoms with Crippen molar-refractivity contribution < 1.29 is 23.5 Å². The standard InChI is InChI=1S/C22H23N7O2.C18H24N6O2.C11H18FN3O/c1-3-4-11-28-18-19(27-12-9-24-10-13-27)25-21(31-2)26-20(18)29(22(28)30)15-17-8-6-5-7-16(17)14-23;1-21-15-14(16(25)22(2)18(21)26)24(12-13-6-4-3-5-7-13)17(20-15)23-10-8-19-9-11-23;1-3-7(2)10(14)11(16)15-6-8(12)4-9(15)5-13/h5-8,24H,9-13,15H2,1-2H3;3-7,14-15,19H,8-12H2,1-2H3;7-10H,3-4,6,14H2,1-2H3/t;;7-,8-,9-,10-/m..0/s1. The predicted molar refractivity (Wildman–Crippen MR) is 273 cm³/mol. The summed E-state index contributed by atoms with van der Waals surface area (Å²) in [6.07, 6.45) is -0.676. The lowest BCUT2D eigenvalue weighted by Gasteiger charge is -2.41. The van der Waals surface area contributed by atoms with Crippen molar-refractivity contribution in [2.24, 2.45) is 16.6 Å². The Morgan fingerprint density at radius 2 is 1.59 bits per heavy atom. The molecule has 73 heavy (non-hydrogen) atoms. The fourth-order valence-corrected chi connectivity index (χ4v) is 9.41. The first-order valence-corrected chi connectivity index (χ1v) is 24.6. The number of methoxy groups -OCH3 is 1. The van der Waals surface area contributed by atoms with Crippen LogP contribution < -0.4 is 31.7 Å². The lowest BCUT2D eigenvalue weighted by Crippen LogP contribution is -2.64. The molecule has 5 aliphatic heterocycles. The van der Waals surface area contributed by atoms with E-state index >= 15 is 0 Å². The largest absolute Gasteiger partial charge is 0.467 e. The number of rotatable bonds is 10. The molecule has 21 nitrogen and oxygen atoms in total. The molecule has 9 rings (SSSR count). The molecule has 0 bridgehead atoms. The highest BCUT2D eigenvalue weighted by Crippen LogP contribution is 2.31. The summed E-state index contributed by atoms with van der Waals surface area (Å²) in [5.41, 5.74) is 9.02. The zero-order valence-corrected chi connectivity index (χ0v) is 42.4. The summed E-state index contributed by atoms with van der Waals surface area (Å²) < 4.78 is 21.7. The van der Waals surface area contributed by atoms with E-state index in [1.54, 1.807) is 47.2 Å². The lowest BCUT2D eigenvalue weighted by molar-refractivity contribution is -0.136. The molecule has 6 atom stereocenters. The molecule has 7 heterocycles. The molecule has 2 aromatic carbocycles. The number of hydrogen-bond acceptors (Lipinski definition) is 16. The average molecular weight is 1000 g/mol. The van der Waals surface area contributed by atoms with Gasteiger partial charge in [-0.3, -0.25) is 23.6 Å². The number of anilines is 1. The summed E-state index contributed by atoms with van der Waals surface area (Å²) >= 11 is 0. The Balaban J connectivity index is 0.000000169. The second kappa shape index (κ2) is 24.2. The van der Waals surface area contributed by atoms with Crippen LogP contribution in [-0.2, 0) is 29.2 Å². The van der Waals surface area contributed by atoms with Gasteiger partial charge in [-0.1, -0.05) is 74.7 Å². The van der Waals surface area contributed by atoms with Crippen molar-refractivity contribution in [1.29, 1.82) is 10.5 Å². The third-order valence-electron chi connectivity index (χ3n) is 13.8. The van der Waals surface area contributed by atoms with Gasteiger partial charge in [0.2, 0.25) is 5.91 Å². The number of imide groups is 1. The maximum absolute atomic E-state index is 13.5. The number of halogens is 1.